The van der Waals surface area contributed by atoms with Crippen LogP contribution in [0.2, 0.25) is 0 Å². The van der Waals surface area contributed by atoms with E-state index in [0.717, 1.165) is 0 Å². The molecule has 0 aromatic carbocycles. The van der Waals surface area contributed by atoms with Crippen molar-refractivity contribution < 1.29 is 14.7 Å². The molecule has 2 amide bonds. The van der Waals surface area contributed by atoms with Gasteiger partial charge in [-0.05, 0) is 6.42 Å². The monoisotopic (exact) mass is 146 g/mol. The minimum absolute atomic E-state index is 0.161. The second-order valence-electron chi connectivity index (χ2n) is 1.78. The Morgan fingerprint density at radius 2 is 2.40 bits per heavy atom. The van der Waals surface area contributed by atoms with Crippen molar-refractivity contribution in [1.82, 2.24) is 5.32 Å². The number of aliphatic hydroxyl groups excluding tert-OH is 1. The number of rotatable bonds is 5. The Bertz CT molecular complexity index is 126. The predicted octanol–water partition coefficient (Wildman–Crippen LogP) is -2.03. The smallest absolute Gasteiger partial charge is 0.246 e. The average molecular weight is 146 g/mol. The number of nitrogens with one attached hydrogen (secondary N) is 1. The quantitative estimate of drug-likeness (QED) is 0.308. The minimum Gasteiger partial charge on any atom is -0.383 e. The Morgan fingerprint density at radius 3 is 2.80 bits per heavy atom. The van der Waals surface area contributed by atoms with Gasteiger partial charge in [-0.3, -0.25) is 9.59 Å². The highest BCUT2D eigenvalue weighted by molar-refractivity contribution is 5.78. The third kappa shape index (κ3) is 3.85. The molecular weight excluding hydrogens is 136 g/mol. The maximum absolute atomic E-state index is 10.1. The molecule has 0 spiro atoms. The average Bonchev–Trinajstić information content (AvgIpc) is 1.88. The summed E-state index contributed by atoms with van der Waals surface area (Å²) in [6.45, 7) is 0.258. The van der Waals surface area contributed by atoms with E-state index in [1.54, 1.807) is 0 Å². The molecule has 58 valence electrons. The van der Waals surface area contributed by atoms with Gasteiger partial charge in [0.1, 0.15) is 6.10 Å². The molecule has 0 rings (SSSR count). The summed E-state index contributed by atoms with van der Waals surface area (Å²) in [6.07, 6.45) is -0.505. The zero-order valence-electron chi connectivity index (χ0n) is 5.41. The van der Waals surface area contributed by atoms with Crippen LogP contribution in [0.3, 0.4) is 0 Å². The first-order chi connectivity index (χ1) is 4.68. The standard InChI is InChI=1S/C5H10N2O3/c6-5(10)4(9)1-2-7-3-8/h3-4,9H,1-2H2,(H2,6,10)(H,7,8). The zero-order valence-corrected chi connectivity index (χ0v) is 5.41. The molecule has 5 heteroatoms. The van der Waals surface area contributed by atoms with Crippen LogP contribution in [0, 0.1) is 0 Å². The fraction of sp³-hybridized carbons (Fsp3) is 0.600. The van der Waals surface area contributed by atoms with Crippen LogP contribution in [0.1, 0.15) is 6.42 Å². The number of carbonyl (C=O) groups is 2. The highest BCUT2D eigenvalue weighted by atomic mass is 16.3. The maximum Gasteiger partial charge on any atom is 0.246 e. The van der Waals surface area contributed by atoms with Crippen molar-refractivity contribution in [1.29, 1.82) is 0 Å². The first-order valence-electron chi connectivity index (χ1n) is 2.83. The van der Waals surface area contributed by atoms with Crippen LogP contribution in [-0.2, 0) is 9.59 Å². The molecule has 5 nitrogen and oxygen atoms in total. The predicted molar refractivity (Wildman–Crippen MR) is 33.9 cm³/mol. The van der Waals surface area contributed by atoms with E-state index in [4.69, 9.17) is 10.8 Å². The third-order valence-corrected chi connectivity index (χ3v) is 0.974. The fourth-order valence-electron chi connectivity index (χ4n) is 0.421. The normalized spacial score (nSPS) is 12.1. The van der Waals surface area contributed by atoms with Gasteiger partial charge in [-0.25, -0.2) is 0 Å². The first kappa shape index (κ1) is 8.90. The molecule has 0 aliphatic rings. The van der Waals surface area contributed by atoms with Crippen LogP contribution in [0.5, 0.6) is 0 Å². The van der Waals surface area contributed by atoms with Crippen LogP contribution < -0.4 is 11.1 Å². The molecule has 1 atom stereocenters. The summed E-state index contributed by atoms with van der Waals surface area (Å²) in [5.74, 6) is -0.771. The molecule has 0 bridgehead atoms. The molecule has 10 heavy (non-hydrogen) atoms. The molecule has 0 radical (unpaired) electrons. The number of hydrogen-bond acceptors (Lipinski definition) is 3. The lowest BCUT2D eigenvalue weighted by molar-refractivity contribution is -0.126. The van der Waals surface area contributed by atoms with Crippen molar-refractivity contribution in [2.24, 2.45) is 5.73 Å². The van der Waals surface area contributed by atoms with E-state index >= 15 is 0 Å². The van der Waals surface area contributed by atoms with Crippen LogP contribution in [0.25, 0.3) is 0 Å². The van der Waals surface area contributed by atoms with Crippen LogP contribution in [-0.4, -0.2) is 30.1 Å². The second-order valence-corrected chi connectivity index (χ2v) is 1.78. The molecule has 1 unspecified atom stereocenters. The third-order valence-electron chi connectivity index (χ3n) is 0.974. The molecule has 0 aromatic heterocycles. The molecule has 4 N–H and O–H groups in total. The number of carbonyl (C=O) groups excluding carboxylic acids is 2. The summed E-state index contributed by atoms with van der Waals surface area (Å²) in [4.78, 5) is 19.8. The minimum atomic E-state index is -1.16. The Balaban J connectivity index is 3.30. The first-order valence-corrected chi connectivity index (χ1v) is 2.83. The lowest BCUT2D eigenvalue weighted by Gasteiger charge is -2.03. The Labute approximate surface area is 58.2 Å². The zero-order chi connectivity index (χ0) is 7.98. The van der Waals surface area contributed by atoms with Gasteiger partial charge in [-0.1, -0.05) is 0 Å². The summed E-state index contributed by atoms with van der Waals surface area (Å²) >= 11 is 0. The lowest BCUT2D eigenvalue weighted by Crippen LogP contribution is -2.31. The van der Waals surface area contributed by atoms with E-state index in [2.05, 4.69) is 5.32 Å². The summed E-state index contributed by atoms with van der Waals surface area (Å²) in [7, 11) is 0. The van der Waals surface area contributed by atoms with Crippen molar-refractivity contribution in [2.45, 2.75) is 12.5 Å². The van der Waals surface area contributed by atoms with Crippen molar-refractivity contribution in [3.8, 4) is 0 Å². The van der Waals surface area contributed by atoms with Gasteiger partial charge in [-0.2, -0.15) is 0 Å². The van der Waals surface area contributed by atoms with Gasteiger partial charge in [0.05, 0.1) is 0 Å². The summed E-state index contributed by atoms with van der Waals surface area (Å²) in [5.41, 5.74) is 4.71. The van der Waals surface area contributed by atoms with Gasteiger partial charge in [0.2, 0.25) is 12.3 Å². The SMILES string of the molecule is NC(=O)C(O)CCNC=O. The van der Waals surface area contributed by atoms with Crippen molar-refractivity contribution >= 4 is 12.3 Å². The number of aliphatic hydroxyl groups is 1. The summed E-state index contributed by atoms with van der Waals surface area (Å²) in [6, 6.07) is 0. The number of hydrogen-bond donors (Lipinski definition) is 3. The van der Waals surface area contributed by atoms with Gasteiger partial charge >= 0.3 is 0 Å². The highest BCUT2D eigenvalue weighted by Gasteiger charge is 2.08. The van der Waals surface area contributed by atoms with Crippen LogP contribution in [0.15, 0.2) is 0 Å². The van der Waals surface area contributed by atoms with Crippen LogP contribution >= 0.6 is 0 Å². The Kier molecular flexibility index (Phi) is 4.23. The maximum atomic E-state index is 10.1. The van der Waals surface area contributed by atoms with Gasteiger partial charge in [0.25, 0.3) is 0 Å². The Hall–Kier alpha value is -1.10. The van der Waals surface area contributed by atoms with Gasteiger partial charge in [0.15, 0.2) is 0 Å². The van der Waals surface area contributed by atoms with Crippen molar-refractivity contribution in [2.75, 3.05) is 6.54 Å². The van der Waals surface area contributed by atoms with E-state index in [0.29, 0.717) is 6.41 Å². The molecule has 0 aliphatic carbocycles. The van der Waals surface area contributed by atoms with Gasteiger partial charge < -0.3 is 16.2 Å². The van der Waals surface area contributed by atoms with E-state index in [1.165, 1.54) is 0 Å². The Morgan fingerprint density at radius 1 is 1.80 bits per heavy atom. The summed E-state index contributed by atoms with van der Waals surface area (Å²) in [5, 5.41) is 11.0. The van der Waals surface area contributed by atoms with Crippen molar-refractivity contribution in [3.05, 3.63) is 0 Å². The van der Waals surface area contributed by atoms with E-state index < -0.39 is 12.0 Å². The molecular formula is C5H10N2O3. The second kappa shape index (κ2) is 4.75. The summed E-state index contributed by atoms with van der Waals surface area (Å²) < 4.78 is 0. The molecule has 0 heterocycles. The van der Waals surface area contributed by atoms with E-state index in [1.807, 2.05) is 0 Å². The molecule has 0 aromatic rings. The topological polar surface area (TPSA) is 92.4 Å². The largest absolute Gasteiger partial charge is 0.383 e. The molecule has 0 fully saturated rings. The molecule has 0 aliphatic heterocycles. The van der Waals surface area contributed by atoms with Crippen LogP contribution in [0.4, 0.5) is 0 Å². The number of primary amides is 1. The van der Waals surface area contributed by atoms with E-state index in [-0.39, 0.29) is 13.0 Å². The van der Waals surface area contributed by atoms with Gasteiger partial charge in [-0.15, -0.1) is 0 Å². The molecule has 0 saturated heterocycles. The van der Waals surface area contributed by atoms with Gasteiger partial charge in [0, 0.05) is 6.54 Å². The number of amides is 2. The lowest BCUT2D eigenvalue weighted by atomic mass is 10.2. The highest BCUT2D eigenvalue weighted by Crippen LogP contribution is 1.86. The number of nitrogens with two attached hydrogens (primary N) is 1. The van der Waals surface area contributed by atoms with Crippen molar-refractivity contribution in [3.63, 3.8) is 0 Å². The fourth-order valence-corrected chi connectivity index (χ4v) is 0.421. The molecule has 0 saturated carbocycles. The van der Waals surface area contributed by atoms with E-state index in [9.17, 15) is 9.59 Å².